The topological polar surface area (TPSA) is 95.2 Å². The highest BCUT2D eigenvalue weighted by molar-refractivity contribution is 8.00. The second-order valence-corrected chi connectivity index (χ2v) is 7.05. The SMILES string of the molecule is N#Cc1cccc(S(=O)(=O)CCSCCC(=O)O)c1. The first-order valence-electron chi connectivity index (χ1n) is 5.48. The van der Waals surface area contributed by atoms with Crippen molar-refractivity contribution in [2.75, 3.05) is 17.3 Å². The smallest absolute Gasteiger partial charge is 0.304 e. The van der Waals surface area contributed by atoms with Crippen LogP contribution in [0.15, 0.2) is 29.2 Å². The molecule has 102 valence electrons. The largest absolute Gasteiger partial charge is 0.481 e. The number of sulfone groups is 1. The van der Waals surface area contributed by atoms with E-state index in [1.165, 1.54) is 30.0 Å². The first kappa shape index (κ1) is 15.5. The van der Waals surface area contributed by atoms with Crippen molar-refractivity contribution in [2.45, 2.75) is 11.3 Å². The normalized spacial score (nSPS) is 10.9. The summed E-state index contributed by atoms with van der Waals surface area (Å²) >= 11 is 1.29. The Morgan fingerprint density at radius 1 is 1.37 bits per heavy atom. The maximum atomic E-state index is 12.0. The third-order valence-corrected chi connectivity index (χ3v) is 5.24. The van der Waals surface area contributed by atoms with Crippen molar-refractivity contribution in [1.29, 1.82) is 5.26 Å². The number of carboxylic acids is 1. The lowest BCUT2D eigenvalue weighted by Crippen LogP contribution is -2.09. The molecule has 19 heavy (non-hydrogen) atoms. The molecule has 1 rings (SSSR count). The summed E-state index contributed by atoms with van der Waals surface area (Å²) in [6.45, 7) is 0. The van der Waals surface area contributed by atoms with E-state index >= 15 is 0 Å². The van der Waals surface area contributed by atoms with Crippen LogP contribution in [-0.4, -0.2) is 36.8 Å². The minimum Gasteiger partial charge on any atom is -0.481 e. The molecule has 0 fully saturated rings. The van der Waals surface area contributed by atoms with E-state index in [1.807, 2.05) is 6.07 Å². The zero-order chi connectivity index (χ0) is 14.3. The lowest BCUT2D eigenvalue weighted by molar-refractivity contribution is -0.136. The summed E-state index contributed by atoms with van der Waals surface area (Å²) in [7, 11) is -3.41. The molecule has 5 nitrogen and oxygen atoms in total. The predicted molar refractivity (Wildman–Crippen MR) is 72.8 cm³/mol. The minimum atomic E-state index is -3.41. The summed E-state index contributed by atoms with van der Waals surface area (Å²) in [4.78, 5) is 10.4. The van der Waals surface area contributed by atoms with Crippen LogP contribution < -0.4 is 0 Å². The van der Waals surface area contributed by atoms with Gasteiger partial charge in [0, 0.05) is 11.5 Å². The standard InChI is InChI=1S/C12H13NO4S2/c13-9-10-2-1-3-11(8-10)19(16,17)7-6-18-5-4-12(14)15/h1-3,8H,4-7H2,(H,14,15). The number of rotatable bonds is 7. The number of benzene rings is 1. The van der Waals surface area contributed by atoms with Gasteiger partial charge in [0.05, 0.1) is 28.7 Å². The minimum absolute atomic E-state index is 0.0225. The van der Waals surface area contributed by atoms with E-state index in [-0.39, 0.29) is 17.1 Å². The summed E-state index contributed by atoms with van der Waals surface area (Å²) in [5, 5.41) is 17.2. The highest BCUT2D eigenvalue weighted by atomic mass is 32.2. The van der Waals surface area contributed by atoms with Gasteiger partial charge < -0.3 is 5.11 Å². The Kier molecular flexibility index (Phi) is 5.86. The summed E-state index contributed by atoms with van der Waals surface area (Å²) in [6.07, 6.45) is 0.0225. The zero-order valence-electron chi connectivity index (χ0n) is 10.1. The van der Waals surface area contributed by atoms with Crippen molar-refractivity contribution in [1.82, 2.24) is 0 Å². The Hall–Kier alpha value is -1.52. The van der Waals surface area contributed by atoms with E-state index < -0.39 is 15.8 Å². The Morgan fingerprint density at radius 2 is 2.11 bits per heavy atom. The van der Waals surface area contributed by atoms with Crippen LogP contribution in [0.25, 0.3) is 0 Å². The number of nitrogens with zero attached hydrogens (tertiary/aromatic N) is 1. The summed E-state index contributed by atoms with van der Waals surface area (Å²) in [5.74, 6) is -0.223. The number of hydrogen-bond acceptors (Lipinski definition) is 5. The highest BCUT2D eigenvalue weighted by Gasteiger charge is 2.14. The molecule has 0 bridgehead atoms. The molecule has 0 unspecified atom stereocenters. The molecule has 0 aliphatic carbocycles. The molecule has 1 aromatic carbocycles. The lowest BCUT2D eigenvalue weighted by atomic mass is 10.2. The third kappa shape index (κ3) is 5.32. The lowest BCUT2D eigenvalue weighted by Gasteiger charge is -2.04. The maximum absolute atomic E-state index is 12.0. The van der Waals surface area contributed by atoms with Gasteiger partial charge in [-0.2, -0.15) is 17.0 Å². The highest BCUT2D eigenvalue weighted by Crippen LogP contribution is 2.15. The van der Waals surface area contributed by atoms with Crippen LogP contribution in [0.2, 0.25) is 0 Å². The Bertz CT molecular complexity index is 590. The van der Waals surface area contributed by atoms with E-state index in [0.29, 0.717) is 17.1 Å². The average Bonchev–Trinajstić information content (AvgIpc) is 2.38. The van der Waals surface area contributed by atoms with Crippen molar-refractivity contribution in [2.24, 2.45) is 0 Å². The maximum Gasteiger partial charge on any atom is 0.304 e. The molecule has 0 aliphatic heterocycles. The van der Waals surface area contributed by atoms with E-state index in [2.05, 4.69) is 0 Å². The Labute approximate surface area is 116 Å². The van der Waals surface area contributed by atoms with Crippen LogP contribution >= 0.6 is 11.8 Å². The third-order valence-electron chi connectivity index (χ3n) is 2.28. The van der Waals surface area contributed by atoms with E-state index in [1.54, 1.807) is 6.07 Å². The molecular weight excluding hydrogens is 286 g/mol. The van der Waals surface area contributed by atoms with Crippen molar-refractivity contribution in [3.63, 3.8) is 0 Å². The number of nitriles is 1. The Balaban J connectivity index is 2.56. The molecule has 0 saturated heterocycles. The van der Waals surface area contributed by atoms with Gasteiger partial charge in [-0.25, -0.2) is 8.42 Å². The van der Waals surface area contributed by atoms with E-state index in [4.69, 9.17) is 10.4 Å². The number of carboxylic acid groups (broad SMARTS) is 1. The number of aliphatic carboxylic acids is 1. The van der Waals surface area contributed by atoms with Crippen LogP contribution in [0, 0.1) is 11.3 Å². The zero-order valence-corrected chi connectivity index (χ0v) is 11.7. The summed E-state index contributed by atoms with van der Waals surface area (Å²) in [5.41, 5.74) is 0.305. The fourth-order valence-electron chi connectivity index (χ4n) is 1.31. The van der Waals surface area contributed by atoms with Crippen LogP contribution in [0.3, 0.4) is 0 Å². The molecule has 0 amide bonds. The molecule has 1 aromatic rings. The molecule has 0 radical (unpaired) electrons. The van der Waals surface area contributed by atoms with Gasteiger partial charge in [-0.1, -0.05) is 6.07 Å². The van der Waals surface area contributed by atoms with Crippen LogP contribution in [0.5, 0.6) is 0 Å². The number of thioether (sulfide) groups is 1. The fraction of sp³-hybridized carbons (Fsp3) is 0.333. The molecule has 0 atom stereocenters. The van der Waals surface area contributed by atoms with Gasteiger partial charge in [0.25, 0.3) is 0 Å². The first-order valence-corrected chi connectivity index (χ1v) is 8.29. The second-order valence-electron chi connectivity index (χ2n) is 3.71. The molecule has 0 saturated carbocycles. The predicted octanol–water partition coefficient (Wildman–Crippen LogP) is 1.54. The van der Waals surface area contributed by atoms with E-state index in [0.717, 1.165) is 0 Å². The van der Waals surface area contributed by atoms with Crippen molar-refractivity contribution in [3.8, 4) is 6.07 Å². The molecule has 1 N–H and O–H groups in total. The number of hydrogen-bond donors (Lipinski definition) is 1. The van der Waals surface area contributed by atoms with Gasteiger partial charge in [-0.3, -0.25) is 4.79 Å². The van der Waals surface area contributed by atoms with Gasteiger partial charge in [0.2, 0.25) is 0 Å². The molecule has 0 aromatic heterocycles. The monoisotopic (exact) mass is 299 g/mol. The van der Waals surface area contributed by atoms with Gasteiger partial charge in [-0.15, -0.1) is 0 Å². The van der Waals surface area contributed by atoms with Gasteiger partial charge >= 0.3 is 5.97 Å². The molecule has 0 aliphatic rings. The van der Waals surface area contributed by atoms with Crippen LogP contribution in [0.4, 0.5) is 0 Å². The van der Waals surface area contributed by atoms with Gasteiger partial charge in [0.1, 0.15) is 0 Å². The molecule has 7 heteroatoms. The van der Waals surface area contributed by atoms with Crippen molar-refractivity contribution >= 4 is 27.6 Å². The number of carbonyl (C=O) groups is 1. The van der Waals surface area contributed by atoms with Crippen LogP contribution in [0.1, 0.15) is 12.0 Å². The van der Waals surface area contributed by atoms with Gasteiger partial charge in [0.15, 0.2) is 9.84 Å². The quantitative estimate of drug-likeness (QED) is 0.767. The van der Waals surface area contributed by atoms with Crippen LogP contribution in [-0.2, 0) is 14.6 Å². The summed E-state index contributed by atoms with van der Waals surface area (Å²) in [6, 6.07) is 7.77. The van der Waals surface area contributed by atoms with Gasteiger partial charge in [-0.05, 0) is 18.2 Å². The Morgan fingerprint density at radius 3 is 2.74 bits per heavy atom. The summed E-state index contributed by atoms with van der Waals surface area (Å²) < 4.78 is 23.9. The van der Waals surface area contributed by atoms with Crippen molar-refractivity contribution < 1.29 is 18.3 Å². The first-order chi connectivity index (χ1) is 8.95. The average molecular weight is 299 g/mol. The fourth-order valence-corrected chi connectivity index (χ4v) is 4.01. The van der Waals surface area contributed by atoms with Crippen molar-refractivity contribution in [3.05, 3.63) is 29.8 Å². The van der Waals surface area contributed by atoms with E-state index in [9.17, 15) is 13.2 Å². The second kappa shape index (κ2) is 7.16. The molecular formula is C12H13NO4S2. The molecule has 0 heterocycles. The molecule has 0 spiro atoms.